The number of hydrogen-bond donors (Lipinski definition) is 2. The van der Waals surface area contributed by atoms with Gasteiger partial charge in [-0.2, -0.15) is 0 Å². The maximum Gasteiger partial charge on any atom is 0.319 e. The van der Waals surface area contributed by atoms with E-state index < -0.39 is 17.7 Å². The number of fused-ring (bicyclic) bond motifs is 1. The average molecular weight is 407 g/mol. The highest BCUT2D eigenvalue weighted by Crippen LogP contribution is 2.30. The van der Waals surface area contributed by atoms with Crippen molar-refractivity contribution in [3.05, 3.63) is 95.1 Å². The topological polar surface area (TPSA) is 61.4 Å². The van der Waals surface area contributed by atoms with E-state index in [1.165, 1.54) is 0 Å². The molecule has 0 aromatic heterocycles. The molecule has 5 nitrogen and oxygen atoms in total. The second-order valence-electron chi connectivity index (χ2n) is 6.97. The van der Waals surface area contributed by atoms with Gasteiger partial charge >= 0.3 is 6.03 Å². The van der Waals surface area contributed by atoms with Crippen LogP contribution in [0.2, 0.25) is 0 Å². The number of amides is 3. The van der Waals surface area contributed by atoms with Gasteiger partial charge in [-0.05, 0) is 47.9 Å². The van der Waals surface area contributed by atoms with Crippen LogP contribution in [0.25, 0.3) is 0 Å². The number of nitrogens with zero attached hydrogens (tertiary/aromatic N) is 1. The number of carbonyl (C=O) groups is 2. The Bertz CT molecular complexity index is 1100. The molecule has 0 radical (unpaired) electrons. The van der Waals surface area contributed by atoms with Gasteiger partial charge in [0.15, 0.2) is 0 Å². The molecule has 7 heteroatoms. The minimum atomic E-state index is -0.842. The van der Waals surface area contributed by atoms with E-state index in [-0.39, 0.29) is 18.1 Å². The quantitative estimate of drug-likeness (QED) is 0.670. The first-order chi connectivity index (χ1) is 14.5. The molecule has 4 rings (SSSR count). The Morgan fingerprint density at radius 2 is 1.77 bits per heavy atom. The number of carbonyl (C=O) groups excluding carboxylic acids is 2. The zero-order valence-corrected chi connectivity index (χ0v) is 16.0. The van der Waals surface area contributed by atoms with E-state index >= 15 is 0 Å². The summed E-state index contributed by atoms with van der Waals surface area (Å²) in [5, 5.41) is 5.00. The smallest absolute Gasteiger partial charge is 0.319 e. The number of halogens is 2. The number of anilines is 2. The molecule has 3 amide bonds. The zero-order valence-electron chi connectivity index (χ0n) is 16.0. The Hall–Kier alpha value is -3.74. The molecule has 3 aromatic carbocycles. The molecule has 0 saturated heterocycles. The first kappa shape index (κ1) is 19.6. The van der Waals surface area contributed by atoms with Gasteiger partial charge in [-0.15, -0.1) is 0 Å². The van der Waals surface area contributed by atoms with Gasteiger partial charge in [0.05, 0.1) is 5.69 Å². The molecule has 0 atom stereocenters. The summed E-state index contributed by atoms with van der Waals surface area (Å²) in [6.07, 6.45) is 0.731. The molecule has 0 spiro atoms. The van der Waals surface area contributed by atoms with Crippen LogP contribution in [0.1, 0.15) is 21.5 Å². The number of urea groups is 1. The fourth-order valence-corrected chi connectivity index (χ4v) is 3.45. The highest BCUT2D eigenvalue weighted by atomic mass is 19.1. The molecular formula is C23H19F2N3O2. The molecule has 0 aliphatic carbocycles. The van der Waals surface area contributed by atoms with E-state index in [1.807, 2.05) is 36.4 Å². The SMILES string of the molecule is O=C(NCc1ccc2c(c1)CCN2C(=O)c1ccccc1)Nc1ccc(F)cc1F. The predicted octanol–water partition coefficient (Wildman–Crippen LogP) is 4.49. The number of benzene rings is 3. The Labute approximate surface area is 172 Å². The molecule has 1 aliphatic rings. The van der Waals surface area contributed by atoms with E-state index in [0.29, 0.717) is 18.2 Å². The molecule has 152 valence electrons. The maximum atomic E-state index is 13.6. The van der Waals surface area contributed by atoms with Crippen molar-refractivity contribution in [3.8, 4) is 0 Å². The first-order valence-corrected chi connectivity index (χ1v) is 9.50. The summed E-state index contributed by atoms with van der Waals surface area (Å²) in [6.45, 7) is 0.832. The standard InChI is InChI=1S/C23H19F2N3O2/c24-18-7-8-20(19(25)13-18)27-23(30)26-14-15-6-9-21-17(12-15)10-11-28(21)22(29)16-4-2-1-3-5-16/h1-9,12-13H,10-11,14H2,(H2,26,27,30). The molecule has 0 bridgehead atoms. The van der Waals surface area contributed by atoms with E-state index in [1.54, 1.807) is 17.0 Å². The third-order valence-electron chi connectivity index (χ3n) is 4.94. The van der Waals surface area contributed by atoms with Crippen molar-refractivity contribution in [2.75, 3.05) is 16.8 Å². The van der Waals surface area contributed by atoms with Gasteiger partial charge in [0.1, 0.15) is 11.6 Å². The Morgan fingerprint density at radius 1 is 0.967 bits per heavy atom. The lowest BCUT2D eigenvalue weighted by Gasteiger charge is -2.17. The van der Waals surface area contributed by atoms with Crippen LogP contribution in [0.4, 0.5) is 25.0 Å². The molecule has 3 aromatic rings. The van der Waals surface area contributed by atoms with Gasteiger partial charge in [-0.3, -0.25) is 4.79 Å². The third kappa shape index (κ3) is 4.15. The average Bonchev–Trinajstić information content (AvgIpc) is 3.17. The molecule has 0 saturated carbocycles. The van der Waals surface area contributed by atoms with E-state index in [4.69, 9.17) is 0 Å². The van der Waals surface area contributed by atoms with Crippen LogP contribution < -0.4 is 15.5 Å². The molecule has 2 N–H and O–H groups in total. The van der Waals surface area contributed by atoms with Gasteiger partial charge in [0.25, 0.3) is 5.91 Å². The first-order valence-electron chi connectivity index (χ1n) is 9.50. The minimum Gasteiger partial charge on any atom is -0.334 e. The lowest BCUT2D eigenvalue weighted by Crippen LogP contribution is -2.29. The van der Waals surface area contributed by atoms with Crippen LogP contribution in [-0.2, 0) is 13.0 Å². The number of rotatable bonds is 4. The van der Waals surface area contributed by atoms with Gasteiger partial charge in [-0.25, -0.2) is 13.6 Å². The number of nitrogens with one attached hydrogen (secondary N) is 2. The monoisotopic (exact) mass is 407 g/mol. The van der Waals surface area contributed by atoms with Crippen LogP contribution in [0.5, 0.6) is 0 Å². The Balaban J connectivity index is 1.39. The summed E-state index contributed by atoms with van der Waals surface area (Å²) < 4.78 is 26.6. The molecule has 30 heavy (non-hydrogen) atoms. The predicted molar refractivity (Wildman–Crippen MR) is 110 cm³/mol. The van der Waals surface area contributed by atoms with E-state index in [2.05, 4.69) is 10.6 Å². The van der Waals surface area contributed by atoms with Crippen molar-refractivity contribution in [2.45, 2.75) is 13.0 Å². The molecular weight excluding hydrogens is 388 g/mol. The van der Waals surface area contributed by atoms with Crippen LogP contribution >= 0.6 is 0 Å². The minimum absolute atomic E-state index is 0.0408. The van der Waals surface area contributed by atoms with Crippen molar-refractivity contribution in [3.63, 3.8) is 0 Å². The highest BCUT2D eigenvalue weighted by molar-refractivity contribution is 6.07. The van der Waals surface area contributed by atoms with E-state index in [9.17, 15) is 18.4 Å². The van der Waals surface area contributed by atoms with Crippen LogP contribution in [0.15, 0.2) is 66.7 Å². The lowest BCUT2D eigenvalue weighted by molar-refractivity contribution is 0.0989. The van der Waals surface area contributed by atoms with Crippen molar-refractivity contribution in [1.29, 1.82) is 0 Å². The fourth-order valence-electron chi connectivity index (χ4n) is 3.45. The van der Waals surface area contributed by atoms with Crippen LogP contribution in [0, 0.1) is 11.6 Å². The van der Waals surface area contributed by atoms with Crippen LogP contribution in [-0.4, -0.2) is 18.5 Å². The fraction of sp³-hybridized carbons (Fsp3) is 0.130. The summed E-state index contributed by atoms with van der Waals surface area (Å²) >= 11 is 0. The second kappa shape index (κ2) is 8.32. The summed E-state index contributed by atoms with van der Waals surface area (Å²) in [5.74, 6) is -1.59. The summed E-state index contributed by atoms with van der Waals surface area (Å²) in [7, 11) is 0. The van der Waals surface area contributed by atoms with Crippen molar-refractivity contribution in [1.82, 2.24) is 5.32 Å². The van der Waals surface area contributed by atoms with Gasteiger partial charge < -0.3 is 15.5 Å². The Morgan fingerprint density at radius 3 is 2.53 bits per heavy atom. The molecule has 0 unspecified atom stereocenters. The summed E-state index contributed by atoms with van der Waals surface area (Å²) in [5.41, 5.74) is 3.30. The van der Waals surface area contributed by atoms with Crippen LogP contribution in [0.3, 0.4) is 0 Å². The molecule has 0 fully saturated rings. The second-order valence-corrected chi connectivity index (χ2v) is 6.97. The van der Waals surface area contributed by atoms with Gasteiger partial charge in [-0.1, -0.05) is 30.3 Å². The highest BCUT2D eigenvalue weighted by Gasteiger charge is 2.25. The zero-order chi connectivity index (χ0) is 21.1. The lowest BCUT2D eigenvalue weighted by atomic mass is 10.1. The largest absolute Gasteiger partial charge is 0.334 e. The number of hydrogen-bond acceptors (Lipinski definition) is 2. The Kier molecular flexibility index (Phi) is 5.43. The van der Waals surface area contributed by atoms with Crippen molar-refractivity contribution >= 4 is 23.3 Å². The molecule has 1 aliphatic heterocycles. The summed E-state index contributed by atoms with van der Waals surface area (Å²) in [4.78, 5) is 26.5. The van der Waals surface area contributed by atoms with Gasteiger partial charge in [0, 0.05) is 30.4 Å². The summed E-state index contributed by atoms with van der Waals surface area (Å²) in [6, 6.07) is 17.1. The third-order valence-corrected chi connectivity index (χ3v) is 4.94. The maximum absolute atomic E-state index is 13.6. The molecule has 1 heterocycles. The normalized spacial score (nSPS) is 12.4. The van der Waals surface area contributed by atoms with Crippen molar-refractivity contribution in [2.24, 2.45) is 0 Å². The van der Waals surface area contributed by atoms with Gasteiger partial charge in [0.2, 0.25) is 0 Å². The van der Waals surface area contributed by atoms with Crippen molar-refractivity contribution < 1.29 is 18.4 Å². The van der Waals surface area contributed by atoms with E-state index in [0.717, 1.165) is 35.4 Å².